The topological polar surface area (TPSA) is 52.1 Å². The number of rotatable bonds is 7. The lowest BCUT2D eigenvalue weighted by Crippen LogP contribution is -2.08. The Morgan fingerprint density at radius 1 is 0.852 bits per heavy atom. The van der Waals surface area contributed by atoms with Gasteiger partial charge in [0.05, 0.1) is 5.56 Å². The molecule has 3 rings (SSSR count). The van der Waals surface area contributed by atoms with Crippen LogP contribution >= 0.6 is 0 Å². The molecule has 0 aliphatic rings. The number of allylic oxidation sites excluding steroid dienone is 2. The number of hydrogen-bond acceptors (Lipinski definition) is 4. The highest BCUT2D eigenvalue weighted by Gasteiger charge is 2.10. The minimum atomic E-state index is -0.403. The van der Waals surface area contributed by atoms with Gasteiger partial charge in [-0.3, -0.25) is 0 Å². The van der Waals surface area contributed by atoms with Crippen molar-refractivity contribution in [3.8, 4) is 17.1 Å². The summed E-state index contributed by atoms with van der Waals surface area (Å²) in [5.74, 6) is 0.721. The summed E-state index contributed by atoms with van der Waals surface area (Å²) in [6, 6.07) is 14.4. The summed E-state index contributed by atoms with van der Waals surface area (Å²) in [4.78, 5) is 21.0. The molecule has 0 spiro atoms. The van der Waals surface area contributed by atoms with Crippen LogP contribution in [0.15, 0.2) is 86.2 Å². The second-order valence-electron chi connectivity index (χ2n) is 6.01. The molecule has 0 aliphatic carbocycles. The van der Waals surface area contributed by atoms with Crippen molar-refractivity contribution >= 4 is 5.97 Å². The lowest BCUT2D eigenvalue weighted by molar-refractivity contribution is 0.0735. The highest BCUT2D eigenvalue weighted by molar-refractivity contribution is 5.91. The van der Waals surface area contributed by atoms with Crippen LogP contribution in [0, 0.1) is 0 Å². The van der Waals surface area contributed by atoms with E-state index in [1.807, 2.05) is 36.4 Å². The second kappa shape index (κ2) is 8.72. The molecule has 3 aromatic rings. The average Bonchev–Trinajstić information content (AvgIpc) is 2.71. The van der Waals surface area contributed by atoms with Crippen LogP contribution in [0.2, 0.25) is 0 Å². The van der Waals surface area contributed by atoms with Gasteiger partial charge in [-0.15, -0.1) is 13.2 Å². The second-order valence-corrected chi connectivity index (χ2v) is 6.01. The first-order valence-electron chi connectivity index (χ1n) is 8.64. The number of carbonyl (C=O) groups is 1. The van der Waals surface area contributed by atoms with E-state index in [1.54, 1.807) is 36.7 Å². The van der Waals surface area contributed by atoms with Crippen LogP contribution in [-0.4, -0.2) is 15.9 Å². The SMILES string of the molecule is C=CCc1ccc(OC(=O)c2ccc(-c3ncc(CC=C)cn3)cc2)cc1. The number of aromatic nitrogens is 2. The van der Waals surface area contributed by atoms with Crippen molar-refractivity contribution in [2.24, 2.45) is 0 Å². The van der Waals surface area contributed by atoms with Crippen LogP contribution in [0.3, 0.4) is 0 Å². The Bertz CT molecular complexity index is 928. The summed E-state index contributed by atoms with van der Waals surface area (Å²) >= 11 is 0. The molecule has 1 heterocycles. The van der Waals surface area contributed by atoms with Crippen molar-refractivity contribution in [2.75, 3.05) is 0 Å². The van der Waals surface area contributed by atoms with Crippen molar-refractivity contribution in [2.45, 2.75) is 12.8 Å². The Hall–Kier alpha value is -3.53. The number of benzene rings is 2. The third kappa shape index (κ3) is 4.76. The van der Waals surface area contributed by atoms with Crippen molar-refractivity contribution in [3.05, 3.63) is 103 Å². The van der Waals surface area contributed by atoms with Gasteiger partial charge in [-0.25, -0.2) is 14.8 Å². The summed E-state index contributed by atoms with van der Waals surface area (Å²) in [5, 5.41) is 0. The fraction of sp³-hybridized carbons (Fsp3) is 0.0870. The van der Waals surface area contributed by atoms with Crippen molar-refractivity contribution in [3.63, 3.8) is 0 Å². The zero-order chi connectivity index (χ0) is 19.1. The van der Waals surface area contributed by atoms with E-state index in [9.17, 15) is 4.79 Å². The normalized spacial score (nSPS) is 10.2. The molecule has 1 aromatic heterocycles. The van der Waals surface area contributed by atoms with Crippen LogP contribution in [-0.2, 0) is 12.8 Å². The molecule has 0 unspecified atom stereocenters. The number of ether oxygens (including phenoxy) is 1. The Labute approximate surface area is 158 Å². The summed E-state index contributed by atoms with van der Waals surface area (Å²) in [7, 11) is 0. The summed E-state index contributed by atoms with van der Waals surface area (Å²) < 4.78 is 5.42. The van der Waals surface area contributed by atoms with E-state index in [0.29, 0.717) is 17.1 Å². The molecule has 27 heavy (non-hydrogen) atoms. The fourth-order valence-electron chi connectivity index (χ4n) is 2.56. The molecule has 134 valence electrons. The quantitative estimate of drug-likeness (QED) is 0.346. The van der Waals surface area contributed by atoms with E-state index in [2.05, 4.69) is 23.1 Å². The molecule has 2 aromatic carbocycles. The van der Waals surface area contributed by atoms with Crippen LogP contribution in [0.5, 0.6) is 5.75 Å². The van der Waals surface area contributed by atoms with Crippen LogP contribution < -0.4 is 4.74 Å². The highest BCUT2D eigenvalue weighted by Crippen LogP contribution is 2.18. The summed E-state index contributed by atoms with van der Waals surface area (Å²) in [6.07, 6.45) is 8.72. The third-order valence-corrected chi connectivity index (χ3v) is 3.98. The Morgan fingerprint density at radius 3 is 2.04 bits per heavy atom. The Morgan fingerprint density at radius 2 is 1.44 bits per heavy atom. The molecule has 0 saturated heterocycles. The van der Waals surface area contributed by atoms with Gasteiger partial charge in [-0.1, -0.05) is 36.4 Å². The number of esters is 1. The van der Waals surface area contributed by atoms with Gasteiger partial charge in [0.25, 0.3) is 0 Å². The number of hydrogen-bond donors (Lipinski definition) is 0. The summed E-state index contributed by atoms with van der Waals surface area (Å²) in [6.45, 7) is 7.41. The maximum Gasteiger partial charge on any atom is 0.343 e. The van der Waals surface area contributed by atoms with Gasteiger partial charge in [0, 0.05) is 18.0 Å². The molecule has 0 amide bonds. The van der Waals surface area contributed by atoms with E-state index >= 15 is 0 Å². The molecule has 0 atom stereocenters. The molecule has 0 N–H and O–H groups in total. The van der Waals surface area contributed by atoms with E-state index in [1.165, 1.54) is 0 Å². The van der Waals surface area contributed by atoms with E-state index in [-0.39, 0.29) is 0 Å². The monoisotopic (exact) mass is 356 g/mol. The first kappa shape index (κ1) is 18.3. The largest absolute Gasteiger partial charge is 0.423 e. The van der Waals surface area contributed by atoms with Gasteiger partial charge in [0.15, 0.2) is 5.82 Å². The number of nitrogens with zero attached hydrogens (tertiary/aromatic N) is 2. The van der Waals surface area contributed by atoms with E-state index in [0.717, 1.165) is 29.5 Å². The van der Waals surface area contributed by atoms with Gasteiger partial charge in [-0.2, -0.15) is 0 Å². The van der Waals surface area contributed by atoms with Crippen molar-refractivity contribution < 1.29 is 9.53 Å². The van der Waals surface area contributed by atoms with Gasteiger partial charge < -0.3 is 4.74 Å². The van der Waals surface area contributed by atoms with Crippen molar-refractivity contribution in [1.82, 2.24) is 9.97 Å². The number of carbonyl (C=O) groups excluding carboxylic acids is 1. The lowest BCUT2D eigenvalue weighted by atomic mass is 10.1. The van der Waals surface area contributed by atoms with E-state index in [4.69, 9.17) is 4.74 Å². The van der Waals surface area contributed by atoms with Gasteiger partial charge in [0.2, 0.25) is 0 Å². The minimum Gasteiger partial charge on any atom is -0.423 e. The zero-order valence-electron chi connectivity index (χ0n) is 15.0. The molecule has 0 fully saturated rings. The van der Waals surface area contributed by atoms with Gasteiger partial charge >= 0.3 is 5.97 Å². The molecule has 4 nitrogen and oxygen atoms in total. The predicted octanol–water partition coefficient (Wildman–Crippen LogP) is 4.82. The predicted molar refractivity (Wildman–Crippen MR) is 107 cm³/mol. The molecule has 0 saturated carbocycles. The first-order chi connectivity index (χ1) is 13.2. The standard InChI is InChI=1S/C23H20N2O2/c1-3-5-17-7-13-21(14-8-17)27-23(26)20-11-9-19(10-12-20)22-24-15-18(6-4-2)16-25-22/h3-4,7-16H,1-2,5-6H2. The molecular weight excluding hydrogens is 336 g/mol. The van der Waals surface area contributed by atoms with Crippen LogP contribution in [0.1, 0.15) is 21.5 Å². The van der Waals surface area contributed by atoms with Gasteiger partial charge in [-0.05, 0) is 48.2 Å². The van der Waals surface area contributed by atoms with Crippen molar-refractivity contribution in [1.29, 1.82) is 0 Å². The zero-order valence-corrected chi connectivity index (χ0v) is 15.0. The molecule has 0 radical (unpaired) electrons. The lowest BCUT2D eigenvalue weighted by Gasteiger charge is -2.06. The fourth-order valence-corrected chi connectivity index (χ4v) is 2.56. The van der Waals surface area contributed by atoms with Gasteiger partial charge in [0.1, 0.15) is 5.75 Å². The average molecular weight is 356 g/mol. The maximum atomic E-state index is 12.3. The molecule has 0 bridgehead atoms. The Kier molecular flexibility index (Phi) is 5.90. The molecule has 4 heteroatoms. The molecular formula is C23H20N2O2. The van der Waals surface area contributed by atoms with E-state index < -0.39 is 5.97 Å². The third-order valence-electron chi connectivity index (χ3n) is 3.98. The summed E-state index contributed by atoms with van der Waals surface area (Å²) in [5.41, 5.74) is 3.43. The highest BCUT2D eigenvalue weighted by atomic mass is 16.5. The first-order valence-corrected chi connectivity index (χ1v) is 8.64. The van der Waals surface area contributed by atoms with Crippen LogP contribution in [0.25, 0.3) is 11.4 Å². The Balaban J connectivity index is 1.67. The van der Waals surface area contributed by atoms with Crippen LogP contribution in [0.4, 0.5) is 0 Å². The maximum absolute atomic E-state index is 12.3. The smallest absolute Gasteiger partial charge is 0.343 e. The molecule has 0 aliphatic heterocycles. The minimum absolute atomic E-state index is 0.403.